The molecule has 136 valence electrons. The van der Waals surface area contributed by atoms with Gasteiger partial charge in [0, 0.05) is 24.2 Å². The third kappa shape index (κ3) is 3.70. The van der Waals surface area contributed by atoms with Crippen LogP contribution in [0, 0.1) is 0 Å². The highest BCUT2D eigenvalue weighted by molar-refractivity contribution is 6.22. The molecule has 1 atom stereocenters. The second-order valence-corrected chi connectivity index (χ2v) is 6.64. The van der Waals surface area contributed by atoms with Gasteiger partial charge in [0.05, 0.1) is 11.1 Å². The summed E-state index contributed by atoms with van der Waals surface area (Å²) in [5.41, 5.74) is 6.61. The lowest BCUT2D eigenvalue weighted by molar-refractivity contribution is 0.0549. The summed E-state index contributed by atoms with van der Waals surface area (Å²) in [6.45, 7) is 2.15. The zero-order chi connectivity index (χ0) is 17.3. The molecule has 1 fully saturated rings. The van der Waals surface area contributed by atoms with Gasteiger partial charge in [0.15, 0.2) is 0 Å². The monoisotopic (exact) mass is 365 g/mol. The standard InChI is InChI=1S/C18H23N3O3.ClH/c1-11(10-19)20-16(22)12-7-8-14-15(9-12)18(24)21(17(14)23)13-5-3-2-4-6-13;/h7-9,11,13H,2-6,10,19H2,1H3,(H,20,22);1H/t11-;/m0./s1. The van der Waals surface area contributed by atoms with E-state index in [1.165, 1.54) is 11.0 Å². The summed E-state index contributed by atoms with van der Waals surface area (Å²) in [6.07, 6.45) is 4.98. The average molecular weight is 366 g/mol. The molecule has 0 radical (unpaired) electrons. The molecule has 7 heteroatoms. The van der Waals surface area contributed by atoms with Gasteiger partial charge in [0.1, 0.15) is 0 Å². The Balaban J connectivity index is 0.00000225. The number of nitrogens with one attached hydrogen (secondary N) is 1. The molecule has 1 heterocycles. The number of carbonyl (C=O) groups is 3. The van der Waals surface area contributed by atoms with Crippen molar-refractivity contribution in [3.05, 3.63) is 34.9 Å². The molecule has 0 aromatic heterocycles. The fourth-order valence-electron chi connectivity index (χ4n) is 3.44. The maximum Gasteiger partial charge on any atom is 0.261 e. The fourth-order valence-corrected chi connectivity index (χ4v) is 3.44. The summed E-state index contributed by atoms with van der Waals surface area (Å²) in [5.74, 6) is -0.792. The fraction of sp³-hybridized carbons (Fsp3) is 0.500. The highest BCUT2D eigenvalue weighted by Crippen LogP contribution is 2.31. The van der Waals surface area contributed by atoms with E-state index in [1.54, 1.807) is 12.1 Å². The maximum absolute atomic E-state index is 12.7. The lowest BCUT2D eigenvalue weighted by atomic mass is 9.94. The summed E-state index contributed by atoms with van der Waals surface area (Å²) >= 11 is 0. The predicted octanol–water partition coefficient (Wildman–Crippen LogP) is 2.11. The lowest BCUT2D eigenvalue weighted by Crippen LogP contribution is -2.40. The van der Waals surface area contributed by atoms with Crippen LogP contribution in [0.15, 0.2) is 18.2 Å². The predicted molar refractivity (Wildman–Crippen MR) is 97.0 cm³/mol. The molecule has 1 aromatic carbocycles. The van der Waals surface area contributed by atoms with Crippen LogP contribution in [-0.2, 0) is 0 Å². The molecule has 3 amide bonds. The summed E-state index contributed by atoms with van der Waals surface area (Å²) in [5, 5.41) is 2.76. The molecule has 0 spiro atoms. The van der Waals surface area contributed by atoms with Crippen molar-refractivity contribution in [3.63, 3.8) is 0 Å². The van der Waals surface area contributed by atoms with Gasteiger partial charge in [-0.05, 0) is 38.0 Å². The van der Waals surface area contributed by atoms with Crippen molar-refractivity contribution in [1.82, 2.24) is 10.2 Å². The van der Waals surface area contributed by atoms with E-state index >= 15 is 0 Å². The smallest absolute Gasteiger partial charge is 0.261 e. The quantitative estimate of drug-likeness (QED) is 0.799. The first-order valence-corrected chi connectivity index (χ1v) is 8.55. The Hall–Kier alpha value is -1.92. The number of nitrogens with two attached hydrogens (primary N) is 1. The van der Waals surface area contributed by atoms with Crippen LogP contribution in [0.5, 0.6) is 0 Å². The van der Waals surface area contributed by atoms with Gasteiger partial charge in [0.25, 0.3) is 17.7 Å². The first-order valence-electron chi connectivity index (χ1n) is 8.55. The van der Waals surface area contributed by atoms with Crippen LogP contribution in [0.3, 0.4) is 0 Å². The number of fused-ring (bicyclic) bond motifs is 1. The normalized spacial score (nSPS) is 18.6. The minimum Gasteiger partial charge on any atom is -0.348 e. The largest absolute Gasteiger partial charge is 0.348 e. The summed E-state index contributed by atoms with van der Waals surface area (Å²) in [6, 6.07) is 4.53. The molecule has 2 aliphatic rings. The van der Waals surface area contributed by atoms with E-state index in [0.29, 0.717) is 23.2 Å². The zero-order valence-corrected chi connectivity index (χ0v) is 15.1. The van der Waals surface area contributed by atoms with Crippen molar-refractivity contribution in [2.24, 2.45) is 5.73 Å². The molecule has 1 aliphatic carbocycles. The van der Waals surface area contributed by atoms with E-state index in [4.69, 9.17) is 5.73 Å². The molecule has 0 unspecified atom stereocenters. The van der Waals surface area contributed by atoms with Crippen molar-refractivity contribution in [2.45, 2.75) is 51.1 Å². The van der Waals surface area contributed by atoms with Crippen molar-refractivity contribution in [2.75, 3.05) is 6.54 Å². The molecule has 3 rings (SSSR count). The van der Waals surface area contributed by atoms with Gasteiger partial charge in [-0.3, -0.25) is 19.3 Å². The van der Waals surface area contributed by atoms with Gasteiger partial charge in [-0.15, -0.1) is 12.4 Å². The molecule has 1 saturated carbocycles. The third-order valence-corrected chi connectivity index (χ3v) is 4.85. The van der Waals surface area contributed by atoms with Crippen LogP contribution < -0.4 is 11.1 Å². The van der Waals surface area contributed by atoms with Crippen molar-refractivity contribution < 1.29 is 14.4 Å². The van der Waals surface area contributed by atoms with Crippen LogP contribution in [0.25, 0.3) is 0 Å². The van der Waals surface area contributed by atoms with Crippen molar-refractivity contribution in [1.29, 1.82) is 0 Å². The third-order valence-electron chi connectivity index (χ3n) is 4.85. The van der Waals surface area contributed by atoms with E-state index in [2.05, 4.69) is 5.32 Å². The van der Waals surface area contributed by atoms with Crippen LogP contribution in [0.4, 0.5) is 0 Å². The molecular formula is C18H24ClN3O3. The molecule has 25 heavy (non-hydrogen) atoms. The van der Waals surface area contributed by atoms with Crippen molar-refractivity contribution in [3.8, 4) is 0 Å². The Kier molecular flexibility index (Phi) is 6.19. The Bertz CT molecular complexity index is 686. The minimum atomic E-state index is -0.285. The number of amides is 3. The molecule has 1 aromatic rings. The number of halogens is 1. The van der Waals surface area contributed by atoms with Crippen LogP contribution in [0.2, 0.25) is 0 Å². The maximum atomic E-state index is 12.7. The van der Waals surface area contributed by atoms with E-state index < -0.39 is 0 Å². The van der Waals surface area contributed by atoms with E-state index in [9.17, 15) is 14.4 Å². The topological polar surface area (TPSA) is 92.5 Å². The zero-order valence-electron chi connectivity index (χ0n) is 14.3. The Labute approximate surface area is 153 Å². The van der Waals surface area contributed by atoms with Crippen LogP contribution in [-0.4, -0.2) is 41.2 Å². The highest BCUT2D eigenvalue weighted by atomic mass is 35.5. The Morgan fingerprint density at radius 3 is 2.48 bits per heavy atom. The number of hydrogen-bond donors (Lipinski definition) is 2. The molecule has 3 N–H and O–H groups in total. The minimum absolute atomic E-state index is 0. The van der Waals surface area contributed by atoms with E-state index in [1.807, 2.05) is 6.92 Å². The summed E-state index contributed by atoms with van der Waals surface area (Å²) in [4.78, 5) is 38.9. The van der Waals surface area contributed by atoms with Gasteiger partial charge in [0.2, 0.25) is 0 Å². The van der Waals surface area contributed by atoms with Gasteiger partial charge in [-0.2, -0.15) is 0 Å². The summed E-state index contributed by atoms with van der Waals surface area (Å²) in [7, 11) is 0. The van der Waals surface area contributed by atoms with E-state index in [0.717, 1.165) is 32.1 Å². The second-order valence-electron chi connectivity index (χ2n) is 6.64. The Morgan fingerprint density at radius 2 is 1.84 bits per heavy atom. The number of benzene rings is 1. The Morgan fingerprint density at radius 1 is 1.20 bits per heavy atom. The average Bonchev–Trinajstić information content (AvgIpc) is 2.86. The van der Waals surface area contributed by atoms with Gasteiger partial charge >= 0.3 is 0 Å². The SMILES string of the molecule is C[C@@H](CN)NC(=O)c1ccc2c(c1)C(=O)N(C1CCCCC1)C2=O.Cl. The highest BCUT2D eigenvalue weighted by Gasteiger charge is 2.40. The first kappa shape index (κ1) is 19.4. The number of rotatable bonds is 4. The first-order chi connectivity index (χ1) is 11.5. The summed E-state index contributed by atoms with van der Waals surface area (Å²) < 4.78 is 0. The van der Waals surface area contributed by atoms with E-state index in [-0.39, 0.29) is 42.2 Å². The molecular weight excluding hydrogens is 342 g/mol. The molecule has 6 nitrogen and oxygen atoms in total. The number of imide groups is 1. The van der Waals surface area contributed by atoms with Gasteiger partial charge in [-0.1, -0.05) is 19.3 Å². The van der Waals surface area contributed by atoms with Crippen LogP contribution >= 0.6 is 12.4 Å². The molecule has 0 saturated heterocycles. The second kappa shape index (κ2) is 7.97. The number of carbonyl (C=O) groups excluding carboxylic acids is 3. The van der Waals surface area contributed by atoms with Gasteiger partial charge < -0.3 is 11.1 Å². The molecule has 1 aliphatic heterocycles. The van der Waals surface area contributed by atoms with Crippen molar-refractivity contribution >= 4 is 30.1 Å². The molecule has 0 bridgehead atoms. The number of hydrogen-bond acceptors (Lipinski definition) is 4. The number of nitrogens with zero attached hydrogens (tertiary/aromatic N) is 1. The van der Waals surface area contributed by atoms with Gasteiger partial charge in [-0.25, -0.2) is 0 Å². The van der Waals surface area contributed by atoms with Crippen LogP contribution in [0.1, 0.15) is 70.1 Å². The lowest BCUT2D eigenvalue weighted by Gasteiger charge is -2.29.